The van der Waals surface area contributed by atoms with Crippen LogP contribution in [0.25, 0.3) is 0 Å². The van der Waals surface area contributed by atoms with Gasteiger partial charge in [-0.15, -0.1) is 0 Å². The summed E-state index contributed by atoms with van der Waals surface area (Å²) in [6, 6.07) is 6.60. The zero-order chi connectivity index (χ0) is 11.4. The average Bonchev–Trinajstić information content (AvgIpc) is 2.20. The van der Waals surface area contributed by atoms with Crippen LogP contribution >= 0.6 is 0 Å². The first-order chi connectivity index (χ1) is 7.79. The van der Waals surface area contributed by atoms with Gasteiger partial charge >= 0.3 is 0 Å². The van der Waals surface area contributed by atoms with Crippen LogP contribution in [0, 0.1) is 13.8 Å². The number of rotatable bonds is 1. The predicted octanol–water partition coefficient (Wildman–Crippen LogP) is 2.49. The Balaban J connectivity index is 2.20. The van der Waals surface area contributed by atoms with Gasteiger partial charge in [0.25, 0.3) is 0 Å². The molecule has 2 rings (SSSR count). The van der Waals surface area contributed by atoms with Crippen LogP contribution in [0.1, 0.15) is 24.0 Å². The van der Waals surface area contributed by atoms with E-state index in [0.717, 1.165) is 13.1 Å². The maximum absolute atomic E-state index is 3.46. The third-order valence-corrected chi connectivity index (χ3v) is 3.32. The molecule has 16 heavy (non-hydrogen) atoms. The number of hydrogen-bond acceptors (Lipinski definition) is 2. The van der Waals surface area contributed by atoms with Crippen LogP contribution in [0.3, 0.4) is 0 Å². The number of benzene rings is 1. The molecule has 2 heteroatoms. The van der Waals surface area contributed by atoms with Crippen LogP contribution in [0.5, 0.6) is 0 Å². The Bertz CT molecular complexity index is 318. The molecule has 1 aromatic rings. The summed E-state index contributed by atoms with van der Waals surface area (Å²) >= 11 is 0. The fraction of sp³-hybridized carbons (Fsp3) is 0.571. The lowest BCUT2D eigenvalue weighted by atomic mass is 10.1. The van der Waals surface area contributed by atoms with Crippen LogP contribution < -0.4 is 10.2 Å². The molecule has 1 aliphatic rings. The van der Waals surface area contributed by atoms with Gasteiger partial charge in [0.05, 0.1) is 0 Å². The molecule has 1 aromatic carbocycles. The molecule has 1 aliphatic heterocycles. The van der Waals surface area contributed by atoms with Gasteiger partial charge in [-0.1, -0.05) is 18.2 Å². The fourth-order valence-corrected chi connectivity index (χ4v) is 2.55. The second-order valence-electron chi connectivity index (χ2n) is 4.68. The summed E-state index contributed by atoms with van der Waals surface area (Å²) in [4.78, 5) is 2.56. The molecule has 1 N–H and O–H groups in total. The SMILES string of the molecule is Cc1cccc(C)c1N1CCCNCCC1. The molecule has 0 aliphatic carbocycles. The van der Waals surface area contributed by atoms with Crippen LogP contribution in [-0.2, 0) is 0 Å². The maximum Gasteiger partial charge on any atom is 0.0425 e. The highest BCUT2D eigenvalue weighted by atomic mass is 15.1. The Hall–Kier alpha value is -1.02. The molecule has 0 bridgehead atoms. The van der Waals surface area contributed by atoms with Crippen molar-refractivity contribution in [1.82, 2.24) is 5.32 Å². The van der Waals surface area contributed by atoms with Crippen LogP contribution in [0.2, 0.25) is 0 Å². The number of aryl methyl sites for hydroxylation is 2. The predicted molar refractivity (Wildman–Crippen MR) is 70.2 cm³/mol. The first-order valence-electron chi connectivity index (χ1n) is 6.31. The third kappa shape index (κ3) is 2.56. The molecule has 0 aromatic heterocycles. The molecular formula is C14H22N2. The maximum atomic E-state index is 3.46. The Morgan fingerprint density at radius 1 is 1.00 bits per heavy atom. The summed E-state index contributed by atoms with van der Waals surface area (Å²) in [6.45, 7) is 9.11. The molecule has 1 saturated heterocycles. The molecule has 88 valence electrons. The quantitative estimate of drug-likeness (QED) is 0.779. The monoisotopic (exact) mass is 218 g/mol. The van der Waals surface area contributed by atoms with Crippen LogP contribution in [-0.4, -0.2) is 26.2 Å². The van der Waals surface area contributed by atoms with Crippen molar-refractivity contribution in [3.05, 3.63) is 29.3 Å². The Kier molecular flexibility index (Phi) is 3.83. The Morgan fingerprint density at radius 3 is 2.12 bits per heavy atom. The normalized spacial score (nSPS) is 18.0. The molecule has 1 heterocycles. The lowest BCUT2D eigenvalue weighted by molar-refractivity contribution is 0.566. The Labute approximate surface area is 98.7 Å². The second kappa shape index (κ2) is 5.35. The number of anilines is 1. The van der Waals surface area contributed by atoms with E-state index in [1.54, 1.807) is 0 Å². The van der Waals surface area contributed by atoms with Crippen molar-refractivity contribution in [3.63, 3.8) is 0 Å². The van der Waals surface area contributed by atoms with Gasteiger partial charge in [-0.25, -0.2) is 0 Å². The molecule has 0 amide bonds. The van der Waals surface area contributed by atoms with Gasteiger partial charge in [-0.05, 0) is 50.9 Å². The summed E-state index contributed by atoms with van der Waals surface area (Å²) in [5, 5.41) is 3.46. The van der Waals surface area contributed by atoms with Gasteiger partial charge in [0, 0.05) is 18.8 Å². The molecular weight excluding hydrogens is 196 g/mol. The topological polar surface area (TPSA) is 15.3 Å². The zero-order valence-corrected chi connectivity index (χ0v) is 10.4. The third-order valence-electron chi connectivity index (χ3n) is 3.32. The van der Waals surface area contributed by atoms with Crippen molar-refractivity contribution >= 4 is 5.69 Å². The van der Waals surface area contributed by atoms with E-state index in [-0.39, 0.29) is 0 Å². The smallest absolute Gasteiger partial charge is 0.0425 e. The van der Waals surface area contributed by atoms with Gasteiger partial charge in [0.15, 0.2) is 0 Å². The van der Waals surface area contributed by atoms with Crippen molar-refractivity contribution < 1.29 is 0 Å². The van der Waals surface area contributed by atoms with Crippen LogP contribution in [0.4, 0.5) is 5.69 Å². The standard InChI is InChI=1S/C14H22N2/c1-12-6-3-7-13(2)14(12)16-10-4-8-15-9-5-11-16/h3,6-7,15H,4-5,8-11H2,1-2H3. The molecule has 0 saturated carbocycles. The van der Waals surface area contributed by atoms with Gasteiger partial charge < -0.3 is 10.2 Å². The van der Waals surface area contributed by atoms with E-state index in [1.807, 2.05) is 0 Å². The first-order valence-corrected chi connectivity index (χ1v) is 6.31. The number of nitrogens with one attached hydrogen (secondary N) is 1. The molecule has 2 nitrogen and oxygen atoms in total. The average molecular weight is 218 g/mol. The lowest BCUT2D eigenvalue weighted by Crippen LogP contribution is -2.34. The molecule has 0 spiro atoms. The van der Waals surface area contributed by atoms with Gasteiger partial charge in [-0.2, -0.15) is 0 Å². The fourth-order valence-electron chi connectivity index (χ4n) is 2.55. The minimum absolute atomic E-state index is 1.15. The molecule has 1 fully saturated rings. The highest BCUT2D eigenvalue weighted by Crippen LogP contribution is 2.25. The van der Waals surface area contributed by atoms with Gasteiger partial charge in [-0.3, -0.25) is 0 Å². The molecule has 0 atom stereocenters. The summed E-state index contributed by atoms with van der Waals surface area (Å²) in [5.74, 6) is 0. The lowest BCUT2D eigenvalue weighted by Gasteiger charge is -2.30. The van der Waals surface area contributed by atoms with E-state index in [4.69, 9.17) is 0 Å². The van der Waals surface area contributed by atoms with Crippen molar-refractivity contribution in [1.29, 1.82) is 0 Å². The van der Waals surface area contributed by atoms with E-state index >= 15 is 0 Å². The minimum Gasteiger partial charge on any atom is -0.371 e. The summed E-state index contributed by atoms with van der Waals surface area (Å²) < 4.78 is 0. The van der Waals surface area contributed by atoms with Crippen molar-refractivity contribution in [2.24, 2.45) is 0 Å². The summed E-state index contributed by atoms with van der Waals surface area (Å²) in [6.07, 6.45) is 2.49. The van der Waals surface area contributed by atoms with Crippen molar-refractivity contribution in [2.75, 3.05) is 31.1 Å². The van der Waals surface area contributed by atoms with Crippen molar-refractivity contribution in [3.8, 4) is 0 Å². The van der Waals surface area contributed by atoms with E-state index in [9.17, 15) is 0 Å². The van der Waals surface area contributed by atoms with E-state index in [1.165, 1.54) is 42.7 Å². The molecule has 0 radical (unpaired) electrons. The van der Waals surface area contributed by atoms with Crippen molar-refractivity contribution in [2.45, 2.75) is 26.7 Å². The largest absolute Gasteiger partial charge is 0.371 e. The molecule has 0 unspecified atom stereocenters. The van der Waals surface area contributed by atoms with E-state index in [0.29, 0.717) is 0 Å². The summed E-state index contributed by atoms with van der Waals surface area (Å²) in [7, 11) is 0. The van der Waals surface area contributed by atoms with Gasteiger partial charge in [0.2, 0.25) is 0 Å². The summed E-state index contributed by atoms with van der Waals surface area (Å²) in [5.41, 5.74) is 4.28. The van der Waals surface area contributed by atoms with Crippen LogP contribution in [0.15, 0.2) is 18.2 Å². The number of hydrogen-bond donors (Lipinski definition) is 1. The van der Waals surface area contributed by atoms with E-state index < -0.39 is 0 Å². The minimum atomic E-state index is 1.15. The second-order valence-corrected chi connectivity index (χ2v) is 4.68. The highest BCUT2D eigenvalue weighted by molar-refractivity contribution is 5.58. The first kappa shape index (κ1) is 11.5. The highest BCUT2D eigenvalue weighted by Gasteiger charge is 2.12. The number of para-hydroxylation sites is 1. The van der Waals surface area contributed by atoms with E-state index in [2.05, 4.69) is 42.3 Å². The number of nitrogens with zero attached hydrogens (tertiary/aromatic N) is 1. The zero-order valence-electron chi connectivity index (χ0n) is 10.4. The van der Waals surface area contributed by atoms with Gasteiger partial charge in [0.1, 0.15) is 0 Å². The Morgan fingerprint density at radius 2 is 1.56 bits per heavy atom.